The van der Waals surface area contributed by atoms with E-state index >= 15 is 0 Å². The monoisotopic (exact) mass is 429 g/mol. The summed E-state index contributed by atoms with van der Waals surface area (Å²) in [6.45, 7) is 0.394. The van der Waals surface area contributed by atoms with Gasteiger partial charge in [-0.25, -0.2) is 9.07 Å². The van der Waals surface area contributed by atoms with Crippen molar-refractivity contribution in [2.45, 2.75) is 13.0 Å². The van der Waals surface area contributed by atoms with E-state index in [2.05, 4.69) is 10.1 Å². The Bertz CT molecular complexity index is 1500. The van der Waals surface area contributed by atoms with Crippen molar-refractivity contribution < 1.29 is 4.39 Å². The molecule has 0 radical (unpaired) electrons. The van der Waals surface area contributed by atoms with Crippen molar-refractivity contribution in [3.8, 4) is 11.1 Å². The Balaban J connectivity index is 1.54. The zero-order valence-corrected chi connectivity index (χ0v) is 17.2. The summed E-state index contributed by atoms with van der Waals surface area (Å²) in [5.74, 6) is -0.420. The SMILES string of the molecule is O=c1c2c(-c3ccc(F)cc3Cl)cccc2cnn1CCc1ccc2ccccc2n1. The summed E-state index contributed by atoms with van der Waals surface area (Å²) < 4.78 is 15.0. The van der Waals surface area contributed by atoms with E-state index in [4.69, 9.17) is 11.6 Å². The van der Waals surface area contributed by atoms with Crippen molar-refractivity contribution in [1.29, 1.82) is 0 Å². The van der Waals surface area contributed by atoms with Gasteiger partial charge in [-0.05, 0) is 35.9 Å². The van der Waals surface area contributed by atoms with Gasteiger partial charge >= 0.3 is 0 Å². The fourth-order valence-electron chi connectivity index (χ4n) is 3.79. The van der Waals surface area contributed by atoms with E-state index in [0.717, 1.165) is 16.6 Å². The number of aromatic nitrogens is 3. The molecule has 3 aromatic carbocycles. The second-order valence-corrected chi connectivity index (χ2v) is 7.72. The van der Waals surface area contributed by atoms with Gasteiger partial charge in [0.05, 0.1) is 28.7 Å². The van der Waals surface area contributed by atoms with Crippen LogP contribution in [-0.2, 0) is 13.0 Å². The van der Waals surface area contributed by atoms with Gasteiger partial charge in [-0.3, -0.25) is 9.78 Å². The van der Waals surface area contributed by atoms with E-state index in [0.29, 0.717) is 34.9 Å². The third-order valence-corrected chi connectivity index (χ3v) is 5.65. The van der Waals surface area contributed by atoms with Gasteiger partial charge in [0.25, 0.3) is 5.56 Å². The van der Waals surface area contributed by atoms with Crippen LogP contribution in [0, 0.1) is 5.82 Å². The third-order valence-electron chi connectivity index (χ3n) is 5.34. The number of hydrogen-bond donors (Lipinski definition) is 0. The van der Waals surface area contributed by atoms with Crippen LogP contribution >= 0.6 is 11.6 Å². The van der Waals surface area contributed by atoms with E-state index in [1.807, 2.05) is 54.6 Å². The zero-order chi connectivity index (χ0) is 21.4. The number of halogens is 2. The van der Waals surface area contributed by atoms with Gasteiger partial charge in [0.1, 0.15) is 5.82 Å². The van der Waals surface area contributed by atoms with Crippen LogP contribution in [0.2, 0.25) is 5.02 Å². The van der Waals surface area contributed by atoms with Crippen LogP contribution in [0.25, 0.3) is 32.8 Å². The van der Waals surface area contributed by atoms with Crippen LogP contribution in [0.1, 0.15) is 5.69 Å². The molecule has 0 aliphatic rings. The van der Waals surface area contributed by atoms with Gasteiger partial charge < -0.3 is 0 Å². The van der Waals surface area contributed by atoms with E-state index in [1.165, 1.54) is 16.8 Å². The molecule has 0 aliphatic heterocycles. The van der Waals surface area contributed by atoms with Gasteiger partial charge in [-0.15, -0.1) is 0 Å². The molecular formula is C25H17ClFN3O. The minimum Gasteiger partial charge on any atom is -0.267 e. The average molecular weight is 430 g/mol. The van der Waals surface area contributed by atoms with Gasteiger partial charge in [-0.2, -0.15) is 5.10 Å². The molecule has 5 rings (SSSR count). The molecule has 6 heteroatoms. The molecule has 0 unspecified atom stereocenters. The number of hydrogen-bond acceptors (Lipinski definition) is 3. The number of fused-ring (bicyclic) bond motifs is 2. The second-order valence-electron chi connectivity index (χ2n) is 7.31. The smallest absolute Gasteiger partial charge is 0.267 e. The standard InChI is InChI=1S/C25H17ClFN3O/c26-22-14-18(27)9-11-20(22)21-6-3-5-17-15-28-30(25(31)24(17)21)13-12-19-10-8-16-4-1-2-7-23(16)29-19/h1-11,14-15H,12-13H2. The maximum atomic E-state index is 13.5. The molecule has 0 saturated heterocycles. The normalized spacial score (nSPS) is 11.3. The summed E-state index contributed by atoms with van der Waals surface area (Å²) in [5.41, 5.74) is 2.87. The summed E-state index contributed by atoms with van der Waals surface area (Å²) in [5, 5.41) is 6.90. The van der Waals surface area contributed by atoms with Crippen LogP contribution < -0.4 is 5.56 Å². The molecule has 4 nitrogen and oxygen atoms in total. The number of para-hydroxylation sites is 1. The van der Waals surface area contributed by atoms with Gasteiger partial charge in [0.2, 0.25) is 0 Å². The molecule has 0 fully saturated rings. The number of benzene rings is 3. The van der Waals surface area contributed by atoms with Crippen molar-refractivity contribution in [2.24, 2.45) is 0 Å². The summed E-state index contributed by atoms with van der Waals surface area (Å²) in [4.78, 5) is 18.0. The van der Waals surface area contributed by atoms with E-state index < -0.39 is 5.82 Å². The quantitative estimate of drug-likeness (QED) is 0.371. The van der Waals surface area contributed by atoms with Crippen molar-refractivity contribution in [3.63, 3.8) is 0 Å². The Hall–Kier alpha value is -3.57. The highest BCUT2D eigenvalue weighted by atomic mass is 35.5. The number of rotatable bonds is 4. The molecule has 2 heterocycles. The lowest BCUT2D eigenvalue weighted by atomic mass is 10.00. The maximum Gasteiger partial charge on any atom is 0.275 e. The Morgan fingerprint density at radius 3 is 2.61 bits per heavy atom. The van der Waals surface area contributed by atoms with Crippen molar-refractivity contribution in [3.05, 3.63) is 106 Å². The molecule has 31 heavy (non-hydrogen) atoms. The predicted molar refractivity (Wildman–Crippen MR) is 122 cm³/mol. The summed E-state index contributed by atoms with van der Waals surface area (Å²) in [6, 6.07) is 21.6. The highest BCUT2D eigenvalue weighted by Crippen LogP contribution is 2.32. The minimum atomic E-state index is -0.420. The molecular weight excluding hydrogens is 413 g/mol. The zero-order valence-electron chi connectivity index (χ0n) is 16.4. The van der Waals surface area contributed by atoms with E-state index in [9.17, 15) is 9.18 Å². The van der Waals surface area contributed by atoms with Crippen molar-refractivity contribution >= 4 is 33.3 Å². The maximum absolute atomic E-state index is 13.5. The van der Waals surface area contributed by atoms with E-state index in [-0.39, 0.29) is 10.6 Å². The lowest BCUT2D eigenvalue weighted by Crippen LogP contribution is -2.24. The summed E-state index contributed by atoms with van der Waals surface area (Å²) >= 11 is 6.27. The molecule has 0 bridgehead atoms. The van der Waals surface area contributed by atoms with Gasteiger partial charge in [0.15, 0.2) is 0 Å². The van der Waals surface area contributed by atoms with Crippen LogP contribution in [0.3, 0.4) is 0 Å². The Morgan fingerprint density at radius 2 is 1.74 bits per heavy atom. The molecule has 5 aromatic rings. The molecule has 0 amide bonds. The molecule has 0 aliphatic carbocycles. The first-order valence-electron chi connectivity index (χ1n) is 9.89. The first kappa shape index (κ1) is 19.4. The first-order chi connectivity index (χ1) is 15.1. The predicted octanol–water partition coefficient (Wildman–Crippen LogP) is 5.65. The molecule has 152 valence electrons. The molecule has 0 atom stereocenters. The highest BCUT2D eigenvalue weighted by Gasteiger charge is 2.13. The van der Waals surface area contributed by atoms with Crippen LogP contribution in [0.15, 0.2) is 83.8 Å². The van der Waals surface area contributed by atoms with Gasteiger partial charge in [0, 0.05) is 28.5 Å². The van der Waals surface area contributed by atoms with Crippen LogP contribution in [0.4, 0.5) is 4.39 Å². The topological polar surface area (TPSA) is 47.8 Å². The average Bonchev–Trinajstić information content (AvgIpc) is 2.78. The summed E-state index contributed by atoms with van der Waals surface area (Å²) in [6.07, 6.45) is 2.24. The minimum absolute atomic E-state index is 0.214. The number of nitrogens with zero attached hydrogens (tertiary/aromatic N) is 3. The Labute approximate surface area is 182 Å². The largest absolute Gasteiger partial charge is 0.275 e. The first-order valence-corrected chi connectivity index (χ1v) is 10.3. The van der Waals surface area contributed by atoms with Crippen molar-refractivity contribution in [1.82, 2.24) is 14.8 Å². The third kappa shape index (κ3) is 3.68. The van der Waals surface area contributed by atoms with E-state index in [1.54, 1.807) is 12.3 Å². The fraction of sp³-hybridized carbons (Fsp3) is 0.0800. The Kier molecular flexibility index (Phi) is 4.96. The second kappa shape index (κ2) is 7.93. The Morgan fingerprint density at radius 1 is 0.903 bits per heavy atom. The number of aryl methyl sites for hydroxylation is 2. The highest BCUT2D eigenvalue weighted by molar-refractivity contribution is 6.33. The molecule has 2 aromatic heterocycles. The molecule has 0 spiro atoms. The molecule has 0 saturated carbocycles. The fourth-order valence-corrected chi connectivity index (χ4v) is 4.06. The van der Waals surface area contributed by atoms with Crippen LogP contribution in [0.5, 0.6) is 0 Å². The lowest BCUT2D eigenvalue weighted by Gasteiger charge is -2.11. The van der Waals surface area contributed by atoms with Gasteiger partial charge in [-0.1, -0.05) is 54.1 Å². The summed E-state index contributed by atoms with van der Waals surface area (Å²) in [7, 11) is 0. The van der Waals surface area contributed by atoms with Crippen LogP contribution in [-0.4, -0.2) is 14.8 Å². The molecule has 0 N–H and O–H groups in total. The number of pyridine rings is 1. The lowest BCUT2D eigenvalue weighted by molar-refractivity contribution is 0.580. The van der Waals surface area contributed by atoms with Crippen molar-refractivity contribution in [2.75, 3.05) is 0 Å².